The van der Waals surface area contributed by atoms with Crippen molar-refractivity contribution in [3.63, 3.8) is 0 Å². The third-order valence-electron chi connectivity index (χ3n) is 3.04. The smallest absolute Gasteiger partial charge is 0.127 e. The van der Waals surface area contributed by atoms with Crippen LogP contribution in [0.15, 0.2) is 65.7 Å². The van der Waals surface area contributed by atoms with Crippen molar-refractivity contribution >= 4 is 11.8 Å². The summed E-state index contributed by atoms with van der Waals surface area (Å²) in [5.41, 5.74) is 3.12. The van der Waals surface area contributed by atoms with Crippen LogP contribution in [0.3, 0.4) is 0 Å². The summed E-state index contributed by atoms with van der Waals surface area (Å²) in [6, 6.07) is 10.3. The highest BCUT2D eigenvalue weighted by Crippen LogP contribution is 2.21. The summed E-state index contributed by atoms with van der Waals surface area (Å²) in [6.45, 7) is 1.87. The fraction of sp³-hybridized carbons (Fsp3) is 0.167. The zero-order valence-corrected chi connectivity index (χ0v) is 12.5. The first-order valence-corrected chi connectivity index (χ1v) is 6.71. The molecule has 0 saturated carbocycles. The minimum atomic E-state index is 0.730. The van der Waals surface area contributed by atoms with E-state index in [2.05, 4.69) is 29.2 Å². The molecule has 106 valence electrons. The Morgan fingerprint density at radius 3 is 2.43 bits per heavy atom. The normalized spacial score (nSPS) is 16.2. The summed E-state index contributed by atoms with van der Waals surface area (Å²) >= 11 is 0. The van der Waals surface area contributed by atoms with E-state index in [0.29, 0.717) is 0 Å². The maximum atomic E-state index is 8.72. The molecule has 3 heteroatoms. The molecule has 0 aliphatic carbocycles. The molecule has 1 heterocycles. The lowest BCUT2D eigenvalue weighted by atomic mass is 10.1. The third-order valence-corrected chi connectivity index (χ3v) is 3.04. The molecule has 0 bridgehead atoms. The van der Waals surface area contributed by atoms with Gasteiger partial charge in [0, 0.05) is 25.9 Å². The molecule has 0 amide bonds. The molecule has 1 aromatic rings. The summed E-state index contributed by atoms with van der Waals surface area (Å²) in [5, 5.41) is 8.72. The third kappa shape index (κ3) is 4.12. The molecule has 0 fully saturated rings. The Hall–Kier alpha value is -2.73. The van der Waals surface area contributed by atoms with Crippen LogP contribution in [0.5, 0.6) is 0 Å². The van der Waals surface area contributed by atoms with Gasteiger partial charge in [-0.25, -0.2) is 0 Å². The predicted octanol–water partition coefficient (Wildman–Crippen LogP) is 4.03. The molecule has 0 spiro atoms. The number of nitriles is 1. The van der Waals surface area contributed by atoms with Crippen LogP contribution in [0.2, 0.25) is 0 Å². The lowest BCUT2D eigenvalue weighted by molar-refractivity contribution is 0.318. The number of benzene rings is 1. The minimum absolute atomic E-state index is 0.730. The van der Waals surface area contributed by atoms with Crippen molar-refractivity contribution in [3.8, 4) is 6.07 Å². The molecule has 1 aromatic carbocycles. The van der Waals surface area contributed by atoms with E-state index in [4.69, 9.17) is 10.00 Å². The average Bonchev–Trinajstić information content (AvgIpc) is 2.45. The Morgan fingerprint density at radius 2 is 1.81 bits per heavy atom. The van der Waals surface area contributed by atoms with Crippen molar-refractivity contribution in [2.45, 2.75) is 6.92 Å². The lowest BCUT2D eigenvalue weighted by Gasteiger charge is -2.13. The van der Waals surface area contributed by atoms with E-state index in [1.807, 2.05) is 51.4 Å². The molecule has 3 nitrogen and oxygen atoms in total. The molecular weight excluding hydrogens is 260 g/mol. The topological polar surface area (TPSA) is 36.3 Å². The van der Waals surface area contributed by atoms with Crippen molar-refractivity contribution in [1.29, 1.82) is 5.26 Å². The van der Waals surface area contributed by atoms with E-state index in [0.717, 1.165) is 22.7 Å². The first-order chi connectivity index (χ1) is 10.1. The summed E-state index contributed by atoms with van der Waals surface area (Å²) in [4.78, 5) is 2.06. The van der Waals surface area contributed by atoms with Gasteiger partial charge in [0.05, 0.1) is 6.07 Å². The van der Waals surface area contributed by atoms with E-state index in [9.17, 15) is 0 Å². The van der Waals surface area contributed by atoms with Crippen molar-refractivity contribution in [3.05, 3.63) is 71.2 Å². The second-order valence-electron chi connectivity index (χ2n) is 5.00. The summed E-state index contributed by atoms with van der Waals surface area (Å²) in [6.07, 6.45) is 9.10. The van der Waals surface area contributed by atoms with Crippen molar-refractivity contribution < 1.29 is 4.74 Å². The molecule has 1 aliphatic heterocycles. The van der Waals surface area contributed by atoms with Gasteiger partial charge in [-0.1, -0.05) is 18.2 Å². The molecule has 0 radical (unpaired) electrons. The quantitative estimate of drug-likeness (QED) is 0.783. The Balaban J connectivity index is 2.14. The van der Waals surface area contributed by atoms with Gasteiger partial charge in [0.2, 0.25) is 0 Å². The SMILES string of the molecule is CC1=CC(=CC#N)C=C(C=Cc2ccc(N(C)C)cc2)O1. The molecule has 0 saturated heterocycles. The molecule has 0 N–H and O–H groups in total. The van der Waals surface area contributed by atoms with E-state index in [-0.39, 0.29) is 0 Å². The van der Waals surface area contributed by atoms with E-state index >= 15 is 0 Å². The molecule has 21 heavy (non-hydrogen) atoms. The molecule has 0 unspecified atom stereocenters. The van der Waals surface area contributed by atoms with E-state index < -0.39 is 0 Å². The summed E-state index contributed by atoms with van der Waals surface area (Å²) < 4.78 is 5.62. The van der Waals surface area contributed by atoms with Gasteiger partial charge in [-0.15, -0.1) is 0 Å². The molecular formula is C18H18N2O. The van der Waals surface area contributed by atoms with Crippen LogP contribution in [0, 0.1) is 11.3 Å². The number of anilines is 1. The molecule has 0 aromatic heterocycles. The van der Waals surface area contributed by atoms with Gasteiger partial charge in [0.15, 0.2) is 0 Å². The average molecular weight is 278 g/mol. The van der Waals surface area contributed by atoms with Gasteiger partial charge in [-0.3, -0.25) is 0 Å². The standard InChI is InChI=1S/C18H18N2O/c1-14-12-16(10-11-19)13-18(21-14)9-6-15-4-7-17(8-5-15)20(2)3/h4-10,12-13H,1-3H3. The lowest BCUT2D eigenvalue weighted by Crippen LogP contribution is -2.07. The van der Waals surface area contributed by atoms with E-state index in [1.54, 1.807) is 0 Å². The molecule has 0 atom stereocenters. The number of ether oxygens (including phenoxy) is 1. The number of hydrogen-bond acceptors (Lipinski definition) is 3. The van der Waals surface area contributed by atoms with Gasteiger partial charge >= 0.3 is 0 Å². The van der Waals surface area contributed by atoms with Gasteiger partial charge in [-0.05, 0) is 48.4 Å². The Bertz CT molecular complexity index is 668. The highest BCUT2D eigenvalue weighted by Gasteiger charge is 2.05. The van der Waals surface area contributed by atoms with Gasteiger partial charge in [0.1, 0.15) is 11.5 Å². The van der Waals surface area contributed by atoms with Crippen molar-refractivity contribution in [2.24, 2.45) is 0 Å². The first kappa shape index (κ1) is 14.7. The zero-order valence-electron chi connectivity index (χ0n) is 12.5. The first-order valence-electron chi connectivity index (χ1n) is 6.71. The summed E-state index contributed by atoms with van der Waals surface area (Å²) in [5.74, 6) is 1.51. The highest BCUT2D eigenvalue weighted by molar-refractivity contribution is 5.58. The Labute approximate surface area is 125 Å². The highest BCUT2D eigenvalue weighted by atomic mass is 16.5. The van der Waals surface area contributed by atoms with Crippen LogP contribution in [-0.2, 0) is 4.74 Å². The van der Waals surface area contributed by atoms with Gasteiger partial charge in [0.25, 0.3) is 0 Å². The monoisotopic (exact) mass is 278 g/mol. The van der Waals surface area contributed by atoms with Crippen molar-refractivity contribution in [2.75, 3.05) is 19.0 Å². The maximum Gasteiger partial charge on any atom is 0.127 e. The number of allylic oxidation sites excluding steroid dienone is 6. The molecule has 1 aliphatic rings. The second kappa shape index (κ2) is 6.62. The minimum Gasteiger partial charge on any atom is -0.462 e. The fourth-order valence-electron chi connectivity index (χ4n) is 1.99. The van der Waals surface area contributed by atoms with Crippen LogP contribution >= 0.6 is 0 Å². The number of nitrogens with zero attached hydrogens (tertiary/aromatic N) is 2. The Kier molecular flexibility index (Phi) is 4.63. The number of rotatable bonds is 3. The van der Waals surface area contributed by atoms with Crippen LogP contribution < -0.4 is 4.90 Å². The molecule has 2 rings (SSSR count). The Morgan fingerprint density at radius 1 is 1.10 bits per heavy atom. The van der Waals surface area contributed by atoms with Crippen LogP contribution in [0.25, 0.3) is 6.08 Å². The maximum absolute atomic E-state index is 8.72. The van der Waals surface area contributed by atoms with Crippen LogP contribution in [-0.4, -0.2) is 14.1 Å². The van der Waals surface area contributed by atoms with Crippen LogP contribution in [0.1, 0.15) is 12.5 Å². The van der Waals surface area contributed by atoms with Gasteiger partial charge in [-0.2, -0.15) is 5.26 Å². The second-order valence-corrected chi connectivity index (χ2v) is 5.00. The van der Waals surface area contributed by atoms with Crippen LogP contribution in [0.4, 0.5) is 5.69 Å². The van der Waals surface area contributed by atoms with Crippen molar-refractivity contribution in [1.82, 2.24) is 0 Å². The fourth-order valence-corrected chi connectivity index (χ4v) is 1.99. The number of hydrogen-bond donors (Lipinski definition) is 0. The van der Waals surface area contributed by atoms with Gasteiger partial charge < -0.3 is 9.64 Å². The summed E-state index contributed by atoms with van der Waals surface area (Å²) in [7, 11) is 4.04. The zero-order chi connectivity index (χ0) is 15.2. The van der Waals surface area contributed by atoms with E-state index in [1.165, 1.54) is 11.8 Å². The predicted molar refractivity (Wildman–Crippen MR) is 86.4 cm³/mol. The largest absolute Gasteiger partial charge is 0.462 e.